The van der Waals surface area contributed by atoms with Gasteiger partial charge in [0.2, 0.25) is 0 Å². The van der Waals surface area contributed by atoms with Gasteiger partial charge in [-0.1, -0.05) is 36.2 Å². The van der Waals surface area contributed by atoms with Crippen molar-refractivity contribution < 1.29 is 4.74 Å². The van der Waals surface area contributed by atoms with Crippen LogP contribution in [-0.4, -0.2) is 18.8 Å². The van der Waals surface area contributed by atoms with Crippen LogP contribution in [0.25, 0.3) is 0 Å². The average molecular weight is 249 g/mol. The highest BCUT2D eigenvalue weighted by atomic mass is 16.5. The van der Waals surface area contributed by atoms with Crippen LogP contribution in [0, 0.1) is 13.8 Å². The summed E-state index contributed by atoms with van der Waals surface area (Å²) in [7, 11) is 0. The molecule has 102 valence electrons. The monoisotopic (exact) mass is 249 g/mol. The third kappa shape index (κ3) is 3.82. The van der Waals surface area contributed by atoms with Crippen molar-refractivity contribution in [3.63, 3.8) is 0 Å². The molecule has 0 aliphatic carbocycles. The molecule has 18 heavy (non-hydrogen) atoms. The van der Waals surface area contributed by atoms with E-state index in [1.807, 2.05) is 6.92 Å². The highest BCUT2D eigenvalue weighted by Crippen LogP contribution is 2.30. The van der Waals surface area contributed by atoms with E-state index in [0.717, 1.165) is 13.2 Å². The molecule has 0 saturated carbocycles. The largest absolute Gasteiger partial charge is 0.374 e. The zero-order chi connectivity index (χ0) is 13.8. The smallest absolute Gasteiger partial charge is 0.0820 e. The number of ether oxygens (including phenoxy) is 1. The van der Waals surface area contributed by atoms with E-state index in [-0.39, 0.29) is 11.6 Å². The SMILES string of the molecule is CCNC(c1cc(C)cc(C)c1)C(C)(C)OCC. The number of nitrogens with one attached hydrogen (secondary N) is 1. The van der Waals surface area contributed by atoms with Gasteiger partial charge in [-0.05, 0) is 46.7 Å². The van der Waals surface area contributed by atoms with E-state index in [1.165, 1.54) is 16.7 Å². The van der Waals surface area contributed by atoms with Gasteiger partial charge in [0.15, 0.2) is 0 Å². The van der Waals surface area contributed by atoms with Crippen molar-refractivity contribution in [2.24, 2.45) is 0 Å². The molecule has 1 rings (SSSR count). The maximum Gasteiger partial charge on any atom is 0.0820 e. The van der Waals surface area contributed by atoms with E-state index in [4.69, 9.17) is 4.74 Å². The van der Waals surface area contributed by atoms with E-state index in [2.05, 4.69) is 58.1 Å². The molecule has 2 nitrogen and oxygen atoms in total. The molecule has 1 unspecified atom stereocenters. The fourth-order valence-corrected chi connectivity index (χ4v) is 2.60. The molecule has 1 N–H and O–H groups in total. The summed E-state index contributed by atoms with van der Waals surface area (Å²) in [4.78, 5) is 0. The van der Waals surface area contributed by atoms with Crippen molar-refractivity contribution in [1.82, 2.24) is 5.32 Å². The summed E-state index contributed by atoms with van der Waals surface area (Å²) < 4.78 is 5.92. The van der Waals surface area contributed by atoms with Crippen LogP contribution < -0.4 is 5.32 Å². The summed E-state index contributed by atoms with van der Waals surface area (Å²) in [5.41, 5.74) is 3.72. The number of hydrogen-bond donors (Lipinski definition) is 1. The van der Waals surface area contributed by atoms with Crippen molar-refractivity contribution >= 4 is 0 Å². The van der Waals surface area contributed by atoms with Gasteiger partial charge in [0, 0.05) is 6.61 Å². The van der Waals surface area contributed by atoms with Crippen LogP contribution in [0.4, 0.5) is 0 Å². The van der Waals surface area contributed by atoms with Gasteiger partial charge in [-0.2, -0.15) is 0 Å². The van der Waals surface area contributed by atoms with Crippen LogP contribution >= 0.6 is 0 Å². The molecule has 0 fully saturated rings. The molecule has 0 aliphatic heterocycles. The summed E-state index contributed by atoms with van der Waals surface area (Å²) in [6, 6.07) is 6.93. The van der Waals surface area contributed by atoms with E-state index >= 15 is 0 Å². The molecule has 1 atom stereocenters. The average Bonchev–Trinajstić information content (AvgIpc) is 2.24. The maximum atomic E-state index is 5.92. The lowest BCUT2D eigenvalue weighted by atomic mass is 9.89. The maximum absolute atomic E-state index is 5.92. The molecule has 0 aromatic heterocycles. The van der Waals surface area contributed by atoms with E-state index in [9.17, 15) is 0 Å². The molecule has 0 saturated heterocycles. The minimum absolute atomic E-state index is 0.203. The Morgan fingerprint density at radius 3 is 2.11 bits per heavy atom. The Balaban J connectivity index is 3.10. The summed E-state index contributed by atoms with van der Waals surface area (Å²) in [6.07, 6.45) is 0. The van der Waals surface area contributed by atoms with Crippen molar-refractivity contribution in [2.45, 2.75) is 53.2 Å². The summed E-state index contributed by atoms with van der Waals surface area (Å²) in [5.74, 6) is 0. The Hall–Kier alpha value is -0.860. The second-order valence-electron chi connectivity index (χ2n) is 5.45. The van der Waals surface area contributed by atoms with Gasteiger partial charge in [-0.25, -0.2) is 0 Å². The summed E-state index contributed by atoms with van der Waals surface area (Å²) in [5, 5.41) is 3.55. The van der Waals surface area contributed by atoms with Gasteiger partial charge >= 0.3 is 0 Å². The van der Waals surface area contributed by atoms with E-state index in [0.29, 0.717) is 0 Å². The molecule has 0 spiro atoms. The van der Waals surface area contributed by atoms with E-state index in [1.54, 1.807) is 0 Å². The number of benzene rings is 1. The van der Waals surface area contributed by atoms with Gasteiger partial charge in [0.25, 0.3) is 0 Å². The number of rotatable bonds is 6. The Morgan fingerprint density at radius 2 is 1.67 bits per heavy atom. The van der Waals surface area contributed by atoms with Gasteiger partial charge in [0.1, 0.15) is 0 Å². The van der Waals surface area contributed by atoms with E-state index < -0.39 is 0 Å². The second kappa shape index (κ2) is 6.35. The Labute approximate surface area is 112 Å². The molecular formula is C16H27NO. The number of hydrogen-bond acceptors (Lipinski definition) is 2. The first-order chi connectivity index (χ1) is 8.40. The van der Waals surface area contributed by atoms with Crippen LogP contribution in [0.2, 0.25) is 0 Å². The predicted octanol–water partition coefficient (Wildman–Crippen LogP) is 3.77. The molecule has 1 aromatic carbocycles. The fraction of sp³-hybridized carbons (Fsp3) is 0.625. The minimum atomic E-state index is -0.203. The summed E-state index contributed by atoms with van der Waals surface area (Å²) >= 11 is 0. The first-order valence-corrected chi connectivity index (χ1v) is 6.86. The Bertz CT molecular complexity index is 364. The lowest BCUT2D eigenvalue weighted by Crippen LogP contribution is -2.41. The molecule has 0 aliphatic rings. The van der Waals surface area contributed by atoms with Crippen LogP contribution in [-0.2, 0) is 4.74 Å². The first-order valence-electron chi connectivity index (χ1n) is 6.86. The third-order valence-corrected chi connectivity index (χ3v) is 3.20. The van der Waals surface area contributed by atoms with Gasteiger partial charge in [0.05, 0.1) is 11.6 Å². The zero-order valence-electron chi connectivity index (χ0n) is 12.6. The quantitative estimate of drug-likeness (QED) is 0.828. The highest BCUT2D eigenvalue weighted by molar-refractivity contribution is 5.32. The Kier molecular flexibility index (Phi) is 5.36. The van der Waals surface area contributed by atoms with Gasteiger partial charge < -0.3 is 10.1 Å². The van der Waals surface area contributed by atoms with Gasteiger partial charge in [-0.3, -0.25) is 0 Å². The lowest BCUT2D eigenvalue weighted by Gasteiger charge is -2.35. The molecular weight excluding hydrogens is 222 g/mol. The van der Waals surface area contributed by atoms with Crippen LogP contribution in [0.1, 0.15) is 50.4 Å². The molecule has 0 amide bonds. The fourth-order valence-electron chi connectivity index (χ4n) is 2.60. The molecule has 0 heterocycles. The lowest BCUT2D eigenvalue weighted by molar-refractivity contribution is -0.0388. The standard InChI is InChI=1S/C16H27NO/c1-7-17-15(16(5,6)18-8-2)14-10-12(3)9-13(4)11-14/h9-11,15,17H,7-8H2,1-6H3. The molecule has 2 heteroatoms. The molecule has 1 aromatic rings. The van der Waals surface area contributed by atoms with Crippen molar-refractivity contribution in [1.29, 1.82) is 0 Å². The second-order valence-corrected chi connectivity index (χ2v) is 5.45. The van der Waals surface area contributed by atoms with Crippen molar-refractivity contribution in [2.75, 3.05) is 13.2 Å². The zero-order valence-corrected chi connectivity index (χ0v) is 12.6. The van der Waals surface area contributed by atoms with Crippen LogP contribution in [0.5, 0.6) is 0 Å². The number of aryl methyl sites for hydroxylation is 2. The highest BCUT2D eigenvalue weighted by Gasteiger charge is 2.30. The molecule has 0 radical (unpaired) electrons. The van der Waals surface area contributed by atoms with Crippen LogP contribution in [0.15, 0.2) is 18.2 Å². The molecule has 0 bridgehead atoms. The van der Waals surface area contributed by atoms with Crippen LogP contribution in [0.3, 0.4) is 0 Å². The Morgan fingerprint density at radius 1 is 1.11 bits per heavy atom. The number of likely N-dealkylation sites (N-methyl/N-ethyl adjacent to an activating group) is 1. The normalized spacial score (nSPS) is 13.7. The summed E-state index contributed by atoms with van der Waals surface area (Å²) in [6.45, 7) is 14.5. The van der Waals surface area contributed by atoms with Gasteiger partial charge in [-0.15, -0.1) is 0 Å². The predicted molar refractivity (Wildman–Crippen MR) is 78.0 cm³/mol. The first kappa shape index (κ1) is 15.2. The third-order valence-electron chi connectivity index (χ3n) is 3.20. The van der Waals surface area contributed by atoms with Crippen molar-refractivity contribution in [3.8, 4) is 0 Å². The minimum Gasteiger partial charge on any atom is -0.374 e. The topological polar surface area (TPSA) is 21.3 Å². The van der Waals surface area contributed by atoms with Crippen molar-refractivity contribution in [3.05, 3.63) is 34.9 Å².